The van der Waals surface area contributed by atoms with E-state index in [9.17, 15) is 0 Å². The minimum absolute atomic E-state index is 0.343. The lowest BCUT2D eigenvalue weighted by molar-refractivity contribution is 0.236. The lowest BCUT2D eigenvalue weighted by Crippen LogP contribution is -2.29. The number of rotatable bonds is 6. The van der Waals surface area contributed by atoms with Crippen LogP contribution in [0.25, 0.3) is 0 Å². The molecule has 2 N–H and O–H groups in total. The zero-order valence-corrected chi connectivity index (χ0v) is 11.0. The maximum absolute atomic E-state index is 5.86. The van der Waals surface area contributed by atoms with Crippen LogP contribution in [0.15, 0.2) is 24.3 Å². The van der Waals surface area contributed by atoms with Crippen molar-refractivity contribution in [2.24, 2.45) is 5.73 Å². The summed E-state index contributed by atoms with van der Waals surface area (Å²) in [6, 6.07) is 8.10. The van der Waals surface area contributed by atoms with E-state index >= 15 is 0 Å². The van der Waals surface area contributed by atoms with Crippen molar-refractivity contribution in [3.63, 3.8) is 0 Å². The number of ether oxygens (including phenoxy) is 2. The highest BCUT2D eigenvalue weighted by Gasteiger charge is 2.18. The van der Waals surface area contributed by atoms with E-state index in [1.807, 2.05) is 31.2 Å². The second-order valence-corrected chi connectivity index (χ2v) is 4.60. The zero-order valence-electron chi connectivity index (χ0n) is 11.0. The maximum atomic E-state index is 5.86. The topological polar surface area (TPSA) is 47.7 Å². The Balaban J connectivity index is 1.69. The average Bonchev–Trinajstić information content (AvgIpc) is 2.78. The molecule has 1 aliphatic heterocycles. The molecule has 1 aromatic carbocycles. The van der Waals surface area contributed by atoms with Gasteiger partial charge in [-0.25, -0.2) is 0 Å². The normalized spacial score (nSPS) is 20.0. The van der Waals surface area contributed by atoms with Crippen LogP contribution in [-0.2, 0) is 0 Å². The van der Waals surface area contributed by atoms with Gasteiger partial charge in [-0.2, -0.15) is 0 Å². The third kappa shape index (κ3) is 3.89. The molecular formula is C14H22N2O2. The minimum Gasteiger partial charge on any atom is -0.494 e. The lowest BCUT2D eigenvalue weighted by atomic mass is 10.3. The van der Waals surface area contributed by atoms with Gasteiger partial charge >= 0.3 is 0 Å². The molecular weight excluding hydrogens is 228 g/mol. The van der Waals surface area contributed by atoms with Gasteiger partial charge in [-0.15, -0.1) is 0 Å². The van der Waals surface area contributed by atoms with E-state index in [-0.39, 0.29) is 0 Å². The van der Waals surface area contributed by atoms with E-state index in [2.05, 4.69) is 4.90 Å². The van der Waals surface area contributed by atoms with Gasteiger partial charge in [-0.05, 0) is 44.2 Å². The predicted molar refractivity (Wildman–Crippen MR) is 72.1 cm³/mol. The molecule has 1 aliphatic rings. The molecule has 0 unspecified atom stereocenters. The summed E-state index contributed by atoms with van der Waals surface area (Å²) >= 11 is 0. The fraction of sp³-hybridized carbons (Fsp3) is 0.571. The number of nitrogens with zero attached hydrogens (tertiary/aromatic N) is 1. The maximum Gasteiger partial charge on any atom is 0.119 e. The smallest absolute Gasteiger partial charge is 0.119 e. The number of benzene rings is 1. The minimum atomic E-state index is 0.343. The molecule has 0 bridgehead atoms. The fourth-order valence-corrected chi connectivity index (χ4v) is 2.16. The molecule has 1 aromatic rings. The van der Waals surface area contributed by atoms with Crippen LogP contribution in [0, 0.1) is 0 Å². The van der Waals surface area contributed by atoms with Crippen LogP contribution in [0.3, 0.4) is 0 Å². The van der Waals surface area contributed by atoms with Crippen molar-refractivity contribution in [2.45, 2.75) is 19.4 Å². The Morgan fingerprint density at radius 2 is 1.89 bits per heavy atom. The molecule has 1 saturated heterocycles. The fourth-order valence-electron chi connectivity index (χ4n) is 2.16. The van der Waals surface area contributed by atoms with Crippen molar-refractivity contribution in [3.8, 4) is 11.5 Å². The highest BCUT2D eigenvalue weighted by Crippen LogP contribution is 2.17. The summed E-state index contributed by atoms with van der Waals surface area (Å²) in [6.07, 6.45) is 1.10. The largest absolute Gasteiger partial charge is 0.494 e. The van der Waals surface area contributed by atoms with Gasteiger partial charge in [0.25, 0.3) is 0 Å². The molecule has 1 atom stereocenters. The third-order valence-electron chi connectivity index (χ3n) is 3.12. The summed E-state index contributed by atoms with van der Waals surface area (Å²) in [5.74, 6) is 1.78. The van der Waals surface area contributed by atoms with Crippen LogP contribution in [0.2, 0.25) is 0 Å². The first-order valence-electron chi connectivity index (χ1n) is 6.61. The molecule has 0 aliphatic carbocycles. The van der Waals surface area contributed by atoms with E-state index in [4.69, 9.17) is 15.2 Å². The summed E-state index contributed by atoms with van der Waals surface area (Å²) in [6.45, 7) is 6.41. The molecule has 1 heterocycles. The zero-order chi connectivity index (χ0) is 12.8. The molecule has 2 rings (SSSR count). The Morgan fingerprint density at radius 3 is 2.44 bits per heavy atom. The standard InChI is InChI=1S/C14H22N2O2/c1-2-17-13-3-5-14(6-4-13)18-10-9-16-8-7-12(15)11-16/h3-6,12H,2,7-11,15H2,1H3/t12-/m0/s1. The number of nitrogens with two attached hydrogens (primary N) is 1. The van der Waals surface area contributed by atoms with Crippen LogP contribution in [-0.4, -0.2) is 43.8 Å². The molecule has 1 fully saturated rings. The summed E-state index contributed by atoms with van der Waals surface area (Å²) in [4.78, 5) is 2.35. The summed E-state index contributed by atoms with van der Waals surface area (Å²) in [7, 11) is 0. The van der Waals surface area contributed by atoms with Crippen molar-refractivity contribution < 1.29 is 9.47 Å². The van der Waals surface area contributed by atoms with Crippen molar-refractivity contribution in [1.82, 2.24) is 4.90 Å². The van der Waals surface area contributed by atoms with Gasteiger partial charge in [0.15, 0.2) is 0 Å². The molecule has 0 aromatic heterocycles. The lowest BCUT2D eigenvalue weighted by Gasteiger charge is -2.15. The van der Waals surface area contributed by atoms with Gasteiger partial charge in [0.1, 0.15) is 18.1 Å². The summed E-state index contributed by atoms with van der Waals surface area (Å²) in [5.41, 5.74) is 5.86. The van der Waals surface area contributed by atoms with Crippen molar-refractivity contribution in [2.75, 3.05) is 32.8 Å². The van der Waals surface area contributed by atoms with Crippen LogP contribution in [0.4, 0.5) is 0 Å². The van der Waals surface area contributed by atoms with Crippen molar-refractivity contribution in [3.05, 3.63) is 24.3 Å². The quantitative estimate of drug-likeness (QED) is 0.831. The highest BCUT2D eigenvalue weighted by molar-refractivity contribution is 5.31. The summed E-state index contributed by atoms with van der Waals surface area (Å²) < 4.78 is 11.1. The molecule has 0 spiro atoms. The SMILES string of the molecule is CCOc1ccc(OCCN2CC[C@H](N)C2)cc1. The first-order chi connectivity index (χ1) is 8.78. The van der Waals surface area contributed by atoms with Crippen molar-refractivity contribution in [1.29, 1.82) is 0 Å². The molecule has 4 heteroatoms. The van der Waals surface area contributed by atoms with Crippen LogP contribution in [0.1, 0.15) is 13.3 Å². The molecule has 0 saturated carbocycles. The average molecular weight is 250 g/mol. The first kappa shape index (κ1) is 13.2. The van der Waals surface area contributed by atoms with E-state index in [1.165, 1.54) is 0 Å². The monoisotopic (exact) mass is 250 g/mol. The van der Waals surface area contributed by atoms with Gasteiger partial charge in [-0.3, -0.25) is 4.90 Å². The number of hydrogen-bond donors (Lipinski definition) is 1. The highest BCUT2D eigenvalue weighted by atomic mass is 16.5. The Labute approximate surface area is 109 Å². The third-order valence-corrected chi connectivity index (χ3v) is 3.12. The van der Waals surface area contributed by atoms with Crippen LogP contribution >= 0.6 is 0 Å². The second kappa shape index (κ2) is 6.61. The number of likely N-dealkylation sites (tertiary alicyclic amines) is 1. The molecule has 100 valence electrons. The van der Waals surface area contributed by atoms with Gasteiger partial charge in [0, 0.05) is 19.1 Å². The summed E-state index contributed by atoms with van der Waals surface area (Å²) in [5, 5.41) is 0. The second-order valence-electron chi connectivity index (χ2n) is 4.60. The first-order valence-corrected chi connectivity index (χ1v) is 6.61. The van der Waals surface area contributed by atoms with Gasteiger partial charge in [0.05, 0.1) is 6.61 Å². The van der Waals surface area contributed by atoms with E-state index in [1.54, 1.807) is 0 Å². The van der Waals surface area contributed by atoms with Gasteiger partial charge in [-0.1, -0.05) is 0 Å². The number of hydrogen-bond acceptors (Lipinski definition) is 4. The molecule has 18 heavy (non-hydrogen) atoms. The van der Waals surface area contributed by atoms with E-state index < -0.39 is 0 Å². The van der Waals surface area contributed by atoms with E-state index in [0.29, 0.717) is 19.3 Å². The van der Waals surface area contributed by atoms with E-state index in [0.717, 1.165) is 37.6 Å². The molecule has 0 radical (unpaired) electrons. The Hall–Kier alpha value is -1.26. The van der Waals surface area contributed by atoms with Crippen LogP contribution in [0.5, 0.6) is 11.5 Å². The Kier molecular flexibility index (Phi) is 4.84. The van der Waals surface area contributed by atoms with Gasteiger partial charge in [0.2, 0.25) is 0 Å². The van der Waals surface area contributed by atoms with Crippen LogP contribution < -0.4 is 15.2 Å². The molecule has 0 amide bonds. The Bertz CT molecular complexity index is 353. The predicted octanol–water partition coefficient (Wildman–Crippen LogP) is 1.50. The molecule has 4 nitrogen and oxygen atoms in total. The van der Waals surface area contributed by atoms with Crippen molar-refractivity contribution >= 4 is 0 Å². The Morgan fingerprint density at radius 1 is 1.22 bits per heavy atom. The van der Waals surface area contributed by atoms with Gasteiger partial charge < -0.3 is 15.2 Å².